The van der Waals surface area contributed by atoms with E-state index < -0.39 is 10.0 Å². The van der Waals surface area contributed by atoms with Crippen molar-refractivity contribution in [1.29, 1.82) is 0 Å². The van der Waals surface area contributed by atoms with E-state index in [4.69, 9.17) is 0 Å². The van der Waals surface area contributed by atoms with Gasteiger partial charge < -0.3 is 0 Å². The van der Waals surface area contributed by atoms with Gasteiger partial charge in [0.15, 0.2) is 0 Å². The third-order valence-corrected chi connectivity index (χ3v) is 8.47. The number of rotatable bonds is 4. The lowest BCUT2D eigenvalue weighted by atomic mass is 9.67. The summed E-state index contributed by atoms with van der Waals surface area (Å²) in [5.74, 6) is -0.0157. The normalized spacial score (nSPS) is 31.5. The molecule has 0 bridgehead atoms. The lowest BCUT2D eigenvalue weighted by Crippen LogP contribution is -2.40. The summed E-state index contributed by atoms with van der Waals surface area (Å²) in [6.07, 6.45) is 8.68. The smallest absolute Gasteiger partial charge is 0.240 e. The summed E-state index contributed by atoms with van der Waals surface area (Å²) in [5.41, 5.74) is 2.04. The van der Waals surface area contributed by atoms with Crippen LogP contribution in [0.15, 0.2) is 53.0 Å². The number of sulfonamides is 1. The van der Waals surface area contributed by atoms with E-state index >= 15 is 0 Å². The molecule has 5 nitrogen and oxygen atoms in total. The summed E-state index contributed by atoms with van der Waals surface area (Å²) in [6.45, 7) is 4.18. The fourth-order valence-corrected chi connectivity index (χ4v) is 6.31. The summed E-state index contributed by atoms with van der Waals surface area (Å²) >= 11 is 0. The molecule has 0 aromatic heterocycles. The van der Waals surface area contributed by atoms with Crippen LogP contribution in [-0.4, -0.2) is 26.5 Å². The second kappa shape index (κ2) is 8.23. The minimum absolute atomic E-state index is 0.00720. The number of hydrogen-bond donors (Lipinski definition) is 1. The first-order valence-corrected chi connectivity index (χ1v) is 12.2. The van der Waals surface area contributed by atoms with E-state index in [1.165, 1.54) is 0 Å². The number of allylic oxidation sites excluding steroid dienone is 4. The van der Waals surface area contributed by atoms with Gasteiger partial charge in [0.05, 0.1) is 4.90 Å². The maximum Gasteiger partial charge on any atom is 0.240 e. The minimum atomic E-state index is -3.60. The number of carbonyl (C=O) groups excluding carboxylic acids is 2. The molecule has 0 heterocycles. The Hall–Kier alpha value is -2.05. The van der Waals surface area contributed by atoms with Crippen molar-refractivity contribution in [3.05, 3.63) is 53.6 Å². The van der Waals surface area contributed by atoms with Crippen molar-refractivity contribution in [1.82, 2.24) is 4.72 Å². The van der Waals surface area contributed by atoms with Crippen molar-refractivity contribution < 1.29 is 18.0 Å². The lowest BCUT2D eigenvalue weighted by Gasteiger charge is -2.37. The molecule has 1 N–H and O–H groups in total. The van der Waals surface area contributed by atoms with Gasteiger partial charge in [0, 0.05) is 31.2 Å². The van der Waals surface area contributed by atoms with Crippen molar-refractivity contribution in [2.24, 2.45) is 29.6 Å². The molecule has 1 saturated carbocycles. The van der Waals surface area contributed by atoms with Crippen molar-refractivity contribution >= 4 is 21.6 Å². The van der Waals surface area contributed by atoms with Crippen LogP contribution in [0.1, 0.15) is 38.2 Å². The van der Waals surface area contributed by atoms with Gasteiger partial charge in [-0.3, -0.25) is 9.59 Å². The van der Waals surface area contributed by atoms with E-state index in [1.54, 1.807) is 24.3 Å². The molecular formula is C24H29NO4S. The molecule has 1 aromatic rings. The molecule has 3 aliphatic rings. The lowest BCUT2D eigenvalue weighted by molar-refractivity contribution is -0.129. The van der Waals surface area contributed by atoms with Gasteiger partial charge in [-0.05, 0) is 56.6 Å². The third kappa shape index (κ3) is 4.08. The van der Waals surface area contributed by atoms with Crippen LogP contribution in [0.3, 0.4) is 0 Å². The molecule has 0 spiro atoms. The highest BCUT2D eigenvalue weighted by Gasteiger charge is 2.42. The molecule has 0 radical (unpaired) electrons. The van der Waals surface area contributed by atoms with Gasteiger partial charge in [0.25, 0.3) is 0 Å². The number of ketones is 2. The quantitative estimate of drug-likeness (QED) is 0.745. The van der Waals surface area contributed by atoms with Gasteiger partial charge >= 0.3 is 0 Å². The highest BCUT2D eigenvalue weighted by molar-refractivity contribution is 7.89. The minimum Gasteiger partial charge on any atom is -0.299 e. The standard InChI is InChI=1S/C24H29NO4S/c1-15-3-9-19(10-4-15)30(28,29)25-14-18-6-5-16(2)24-20(18)11-7-17-8-12-22(26)21(17)13-23(24)27/h3-5,7,9-11,17-18,20-21,24-25H,6,8,12-14H2,1-2H3/t17-,18+,20+,21+,24+/m1/s1. The van der Waals surface area contributed by atoms with Crippen LogP contribution in [0.25, 0.3) is 0 Å². The first-order valence-electron chi connectivity index (χ1n) is 10.7. The van der Waals surface area contributed by atoms with Crippen molar-refractivity contribution in [2.75, 3.05) is 6.54 Å². The Morgan fingerprint density at radius 1 is 1.03 bits per heavy atom. The first-order chi connectivity index (χ1) is 14.3. The number of benzene rings is 1. The molecule has 4 rings (SSSR count). The maximum atomic E-state index is 13.1. The van der Waals surface area contributed by atoms with Crippen LogP contribution < -0.4 is 4.72 Å². The van der Waals surface area contributed by atoms with E-state index in [9.17, 15) is 18.0 Å². The second-order valence-corrected chi connectivity index (χ2v) is 10.8. The van der Waals surface area contributed by atoms with Crippen LogP contribution in [-0.2, 0) is 19.6 Å². The van der Waals surface area contributed by atoms with E-state index in [0.717, 1.165) is 24.0 Å². The van der Waals surface area contributed by atoms with Crippen molar-refractivity contribution in [3.63, 3.8) is 0 Å². The monoisotopic (exact) mass is 427 g/mol. The summed E-state index contributed by atoms with van der Waals surface area (Å²) in [5, 5.41) is 0. The summed E-state index contributed by atoms with van der Waals surface area (Å²) in [6, 6.07) is 6.80. The van der Waals surface area contributed by atoms with Crippen molar-refractivity contribution in [3.8, 4) is 0 Å². The fourth-order valence-electron chi connectivity index (χ4n) is 5.22. The highest BCUT2D eigenvalue weighted by atomic mass is 32.2. The van der Waals surface area contributed by atoms with E-state index in [2.05, 4.69) is 23.0 Å². The second-order valence-electron chi connectivity index (χ2n) is 8.99. The van der Waals surface area contributed by atoms with Crippen LogP contribution >= 0.6 is 0 Å². The highest BCUT2D eigenvalue weighted by Crippen LogP contribution is 2.43. The summed E-state index contributed by atoms with van der Waals surface area (Å²) in [4.78, 5) is 25.6. The third-order valence-electron chi connectivity index (χ3n) is 7.03. The molecular weight excluding hydrogens is 398 g/mol. The Morgan fingerprint density at radius 2 is 1.77 bits per heavy atom. The molecule has 1 aromatic carbocycles. The molecule has 3 aliphatic carbocycles. The predicted octanol–water partition coefficient (Wildman–Crippen LogP) is 3.60. The largest absolute Gasteiger partial charge is 0.299 e. The maximum absolute atomic E-state index is 13.1. The Labute approximate surface area is 178 Å². The zero-order valence-corrected chi connectivity index (χ0v) is 18.3. The van der Waals surface area contributed by atoms with E-state index in [-0.39, 0.29) is 52.6 Å². The number of nitrogens with one attached hydrogen (secondary N) is 1. The van der Waals surface area contributed by atoms with E-state index in [1.807, 2.05) is 13.8 Å². The summed E-state index contributed by atoms with van der Waals surface area (Å²) < 4.78 is 28.2. The molecule has 30 heavy (non-hydrogen) atoms. The number of hydrogen-bond acceptors (Lipinski definition) is 4. The summed E-state index contributed by atoms with van der Waals surface area (Å²) in [7, 11) is -3.60. The van der Waals surface area contributed by atoms with Crippen LogP contribution in [0.5, 0.6) is 0 Å². The van der Waals surface area contributed by atoms with Gasteiger partial charge in [0.2, 0.25) is 10.0 Å². The average molecular weight is 428 g/mol. The molecule has 0 aliphatic heterocycles. The Balaban J connectivity index is 1.55. The molecule has 0 amide bonds. The molecule has 6 heteroatoms. The van der Waals surface area contributed by atoms with Gasteiger partial charge in [-0.1, -0.05) is 41.5 Å². The van der Waals surface area contributed by atoms with Crippen LogP contribution in [0.2, 0.25) is 0 Å². The molecule has 0 saturated heterocycles. The number of fused-ring (bicyclic) bond motifs is 2. The molecule has 5 atom stereocenters. The Morgan fingerprint density at radius 3 is 2.50 bits per heavy atom. The Kier molecular flexibility index (Phi) is 5.82. The zero-order chi connectivity index (χ0) is 21.5. The van der Waals surface area contributed by atoms with E-state index in [0.29, 0.717) is 12.8 Å². The molecule has 160 valence electrons. The van der Waals surface area contributed by atoms with Gasteiger partial charge in [-0.25, -0.2) is 13.1 Å². The van der Waals surface area contributed by atoms with Crippen LogP contribution in [0, 0.1) is 36.5 Å². The number of carbonyl (C=O) groups is 2. The van der Waals surface area contributed by atoms with Crippen LogP contribution in [0.4, 0.5) is 0 Å². The topological polar surface area (TPSA) is 80.3 Å². The van der Waals surface area contributed by atoms with Gasteiger partial charge in [0.1, 0.15) is 11.6 Å². The van der Waals surface area contributed by atoms with Crippen molar-refractivity contribution in [2.45, 2.75) is 44.4 Å². The number of aryl methyl sites for hydroxylation is 1. The number of Topliss-reactive ketones (excluding diaryl/α,β-unsaturated/α-hetero) is 2. The first kappa shape index (κ1) is 21.2. The Bertz CT molecular complexity index is 1010. The average Bonchev–Trinajstić information content (AvgIpc) is 3.03. The molecule has 1 fully saturated rings. The fraction of sp³-hybridized carbons (Fsp3) is 0.500. The zero-order valence-electron chi connectivity index (χ0n) is 17.5. The predicted molar refractivity (Wildman–Crippen MR) is 115 cm³/mol. The SMILES string of the molecule is CC1=CC[C@@H](CNS(=O)(=O)c2ccc(C)cc2)[C@@H]2C=C[C@@H]3CCC(=O)[C@H]3CC(=O)[C@@H]12. The van der Waals surface area contributed by atoms with Gasteiger partial charge in [-0.2, -0.15) is 0 Å². The van der Waals surface area contributed by atoms with Gasteiger partial charge in [-0.15, -0.1) is 0 Å². The molecule has 0 unspecified atom stereocenters.